The number of unbranched alkanes of at least 4 members (excludes halogenated alkanes) is 3. The van der Waals surface area contributed by atoms with Crippen LogP contribution >= 0.6 is 24.8 Å². The molecule has 27 heavy (non-hydrogen) atoms. The van der Waals surface area contributed by atoms with Crippen molar-refractivity contribution in [2.45, 2.75) is 38.6 Å². The second kappa shape index (κ2) is 14.2. The van der Waals surface area contributed by atoms with E-state index in [0.29, 0.717) is 30.8 Å². The summed E-state index contributed by atoms with van der Waals surface area (Å²) < 4.78 is 19.6. The fourth-order valence-corrected chi connectivity index (χ4v) is 2.34. The molecule has 0 saturated carbocycles. The number of carbonyl (C=O) groups is 1. The number of ether oxygens (including phenoxy) is 1. The van der Waals surface area contributed by atoms with E-state index in [2.05, 4.69) is 10.3 Å². The molecule has 1 aromatic heterocycles. The molecule has 150 valence electrons. The molecule has 0 saturated heterocycles. The molecule has 8 heteroatoms. The Morgan fingerprint density at radius 3 is 2.59 bits per heavy atom. The van der Waals surface area contributed by atoms with Crippen molar-refractivity contribution in [1.29, 1.82) is 0 Å². The number of amides is 1. The molecule has 0 spiro atoms. The van der Waals surface area contributed by atoms with Gasteiger partial charge in [-0.1, -0.05) is 18.9 Å². The van der Waals surface area contributed by atoms with Crippen LogP contribution in [0.3, 0.4) is 0 Å². The summed E-state index contributed by atoms with van der Waals surface area (Å²) in [5.41, 5.74) is 6.11. The Morgan fingerprint density at radius 1 is 1.15 bits per heavy atom. The summed E-state index contributed by atoms with van der Waals surface area (Å²) in [4.78, 5) is 15.7. The van der Waals surface area contributed by atoms with Crippen LogP contribution in [-0.2, 0) is 11.3 Å². The van der Waals surface area contributed by atoms with Gasteiger partial charge in [-0.2, -0.15) is 0 Å². The number of nitrogens with two attached hydrogens (primary N) is 1. The van der Waals surface area contributed by atoms with E-state index in [4.69, 9.17) is 10.5 Å². The average Bonchev–Trinajstić information content (AvgIpc) is 2.63. The molecule has 0 atom stereocenters. The van der Waals surface area contributed by atoms with E-state index in [-0.39, 0.29) is 36.5 Å². The first kappa shape index (κ1) is 25.1. The largest absolute Gasteiger partial charge is 0.453 e. The van der Waals surface area contributed by atoms with Gasteiger partial charge in [-0.15, -0.1) is 24.8 Å². The Morgan fingerprint density at radius 2 is 1.93 bits per heavy atom. The quantitative estimate of drug-likeness (QED) is 0.562. The molecule has 0 aliphatic heterocycles. The fraction of sp³-hybridized carbons (Fsp3) is 0.368. The van der Waals surface area contributed by atoms with Crippen LogP contribution in [0.1, 0.15) is 37.7 Å². The van der Waals surface area contributed by atoms with Crippen LogP contribution in [0.15, 0.2) is 42.7 Å². The normalized spacial score (nSPS) is 9.70. The molecule has 0 radical (unpaired) electrons. The van der Waals surface area contributed by atoms with Crippen LogP contribution in [0, 0.1) is 5.82 Å². The third-order valence-electron chi connectivity index (χ3n) is 3.71. The van der Waals surface area contributed by atoms with Crippen molar-refractivity contribution in [2.75, 3.05) is 6.54 Å². The van der Waals surface area contributed by atoms with E-state index >= 15 is 0 Å². The number of nitrogens with zero attached hydrogens (tertiary/aromatic N) is 1. The summed E-state index contributed by atoms with van der Waals surface area (Å²) in [6.45, 7) is 0.990. The third kappa shape index (κ3) is 9.56. The lowest BCUT2D eigenvalue weighted by Gasteiger charge is -2.09. The van der Waals surface area contributed by atoms with E-state index < -0.39 is 5.82 Å². The maximum atomic E-state index is 14.1. The molecule has 0 aliphatic carbocycles. The monoisotopic (exact) mass is 417 g/mol. The molecule has 0 bridgehead atoms. The zero-order valence-corrected chi connectivity index (χ0v) is 16.7. The minimum atomic E-state index is -0.475. The molecular weight excluding hydrogens is 392 g/mol. The highest BCUT2D eigenvalue weighted by atomic mass is 35.5. The van der Waals surface area contributed by atoms with Crippen molar-refractivity contribution < 1.29 is 13.9 Å². The van der Waals surface area contributed by atoms with Crippen molar-refractivity contribution >= 4 is 30.7 Å². The second-order valence-corrected chi connectivity index (χ2v) is 5.79. The van der Waals surface area contributed by atoms with Crippen molar-refractivity contribution in [3.8, 4) is 11.5 Å². The van der Waals surface area contributed by atoms with Crippen LogP contribution in [-0.4, -0.2) is 17.4 Å². The van der Waals surface area contributed by atoms with E-state index in [9.17, 15) is 9.18 Å². The Kier molecular flexibility index (Phi) is 13.2. The van der Waals surface area contributed by atoms with Gasteiger partial charge in [0.1, 0.15) is 5.75 Å². The average molecular weight is 418 g/mol. The van der Waals surface area contributed by atoms with Gasteiger partial charge in [0, 0.05) is 19.2 Å². The van der Waals surface area contributed by atoms with Gasteiger partial charge in [-0.3, -0.25) is 9.78 Å². The number of aromatic nitrogens is 1. The topological polar surface area (TPSA) is 77.2 Å². The van der Waals surface area contributed by atoms with Gasteiger partial charge in [0.2, 0.25) is 5.91 Å². The molecule has 2 rings (SSSR count). The molecule has 1 heterocycles. The number of hydrogen-bond donors (Lipinski definition) is 2. The van der Waals surface area contributed by atoms with E-state index in [0.717, 1.165) is 25.7 Å². The summed E-state index contributed by atoms with van der Waals surface area (Å²) in [5, 5.41) is 2.81. The van der Waals surface area contributed by atoms with Crippen LogP contribution in [0.2, 0.25) is 0 Å². The number of benzene rings is 1. The first-order valence-corrected chi connectivity index (χ1v) is 8.52. The molecule has 1 aromatic carbocycles. The van der Waals surface area contributed by atoms with Gasteiger partial charge in [0.15, 0.2) is 11.6 Å². The van der Waals surface area contributed by atoms with Crippen LogP contribution in [0.4, 0.5) is 4.39 Å². The number of nitrogens with one attached hydrogen (secondary N) is 1. The molecule has 1 amide bonds. The van der Waals surface area contributed by atoms with Crippen LogP contribution in [0.25, 0.3) is 0 Å². The van der Waals surface area contributed by atoms with Crippen molar-refractivity contribution in [3.63, 3.8) is 0 Å². The van der Waals surface area contributed by atoms with Crippen LogP contribution in [0.5, 0.6) is 11.5 Å². The number of rotatable bonds is 10. The highest BCUT2D eigenvalue weighted by Gasteiger charge is 2.07. The Bertz CT molecular complexity index is 675. The summed E-state index contributed by atoms with van der Waals surface area (Å²) in [5.74, 6) is 0.0984. The van der Waals surface area contributed by atoms with Gasteiger partial charge in [-0.05, 0) is 49.2 Å². The maximum absolute atomic E-state index is 14.1. The number of halogens is 3. The standard InChI is InChI=1S/C19H24FN3O2.2ClH/c20-17-12-15(13-23-19(24)7-3-1-2-4-10-21)8-9-18(17)25-16-6-5-11-22-14-16;;/h5-6,8-9,11-12,14H,1-4,7,10,13,21H2,(H,23,24);2*1H. The molecule has 3 N–H and O–H groups in total. The Labute approximate surface area is 171 Å². The van der Waals surface area contributed by atoms with Crippen molar-refractivity contribution in [2.24, 2.45) is 5.73 Å². The SMILES string of the molecule is Cl.Cl.NCCCCCCC(=O)NCc1ccc(Oc2cccnc2)c(F)c1. The summed E-state index contributed by atoms with van der Waals surface area (Å²) in [6.07, 6.45) is 7.50. The number of carbonyl (C=O) groups excluding carboxylic acids is 1. The lowest BCUT2D eigenvalue weighted by atomic mass is 10.1. The minimum absolute atomic E-state index is 0. The highest BCUT2D eigenvalue weighted by Crippen LogP contribution is 2.24. The first-order chi connectivity index (χ1) is 12.2. The molecular formula is C19H26Cl2FN3O2. The van der Waals surface area contributed by atoms with Crippen LogP contribution < -0.4 is 15.8 Å². The van der Waals surface area contributed by atoms with Gasteiger partial charge < -0.3 is 15.8 Å². The third-order valence-corrected chi connectivity index (χ3v) is 3.71. The predicted molar refractivity (Wildman–Crippen MR) is 109 cm³/mol. The second-order valence-electron chi connectivity index (χ2n) is 5.79. The smallest absolute Gasteiger partial charge is 0.220 e. The van der Waals surface area contributed by atoms with E-state index in [1.807, 2.05) is 0 Å². The Hall–Kier alpha value is -1.89. The maximum Gasteiger partial charge on any atom is 0.220 e. The van der Waals surface area contributed by atoms with Gasteiger partial charge in [0.05, 0.1) is 6.20 Å². The molecule has 2 aromatic rings. The van der Waals surface area contributed by atoms with Gasteiger partial charge in [-0.25, -0.2) is 4.39 Å². The fourth-order valence-electron chi connectivity index (χ4n) is 2.34. The zero-order valence-electron chi connectivity index (χ0n) is 15.0. The number of hydrogen-bond acceptors (Lipinski definition) is 4. The summed E-state index contributed by atoms with van der Waals surface area (Å²) in [7, 11) is 0. The molecule has 5 nitrogen and oxygen atoms in total. The number of pyridine rings is 1. The molecule has 0 fully saturated rings. The summed E-state index contributed by atoms with van der Waals surface area (Å²) >= 11 is 0. The zero-order chi connectivity index (χ0) is 17.9. The van der Waals surface area contributed by atoms with E-state index in [1.165, 1.54) is 12.3 Å². The highest BCUT2D eigenvalue weighted by molar-refractivity contribution is 5.85. The Balaban J connectivity index is 0.00000338. The van der Waals surface area contributed by atoms with Gasteiger partial charge in [0.25, 0.3) is 0 Å². The first-order valence-electron chi connectivity index (χ1n) is 8.52. The van der Waals surface area contributed by atoms with Gasteiger partial charge >= 0.3 is 0 Å². The predicted octanol–water partition coefficient (Wildman–Crippen LogP) is 4.38. The molecule has 0 aliphatic rings. The van der Waals surface area contributed by atoms with E-state index in [1.54, 1.807) is 30.5 Å². The molecule has 0 unspecified atom stereocenters. The minimum Gasteiger partial charge on any atom is -0.453 e. The van der Waals surface area contributed by atoms with Crippen molar-refractivity contribution in [1.82, 2.24) is 10.3 Å². The summed E-state index contributed by atoms with van der Waals surface area (Å²) in [6, 6.07) is 8.07. The lowest BCUT2D eigenvalue weighted by molar-refractivity contribution is -0.121. The van der Waals surface area contributed by atoms with Crippen molar-refractivity contribution in [3.05, 3.63) is 54.1 Å². The lowest BCUT2D eigenvalue weighted by Crippen LogP contribution is -2.22.